The molecular weight excluding hydrogens is 371 g/mol. The number of hydrogen-bond donors (Lipinski definition) is 1. The summed E-state index contributed by atoms with van der Waals surface area (Å²) in [6.45, 7) is 2.78. The molecule has 3 heterocycles. The zero-order valence-electron chi connectivity index (χ0n) is 16.6. The normalized spacial score (nSPS) is 22.9. The predicted octanol–water partition coefficient (Wildman–Crippen LogP) is 2.97. The van der Waals surface area contributed by atoms with E-state index in [0.29, 0.717) is 12.6 Å². The first-order valence-corrected chi connectivity index (χ1v) is 10.1. The highest BCUT2D eigenvalue weighted by Crippen LogP contribution is 2.39. The number of hydrogen-bond acceptors (Lipinski definition) is 4. The number of pyridine rings is 1. The van der Waals surface area contributed by atoms with Crippen molar-refractivity contribution in [2.24, 2.45) is 0 Å². The van der Waals surface area contributed by atoms with Crippen molar-refractivity contribution in [3.63, 3.8) is 0 Å². The number of carbonyl (C=O) groups excluding carboxylic acids is 1. The van der Waals surface area contributed by atoms with Crippen molar-refractivity contribution in [1.82, 2.24) is 20.1 Å². The number of carbonyl (C=O) groups is 1. The Hall–Kier alpha value is -2.51. The van der Waals surface area contributed by atoms with Gasteiger partial charge in [0.05, 0.1) is 12.1 Å². The Morgan fingerprint density at radius 3 is 2.66 bits per heavy atom. The van der Waals surface area contributed by atoms with Crippen LogP contribution in [0.4, 0.5) is 9.18 Å². The second-order valence-corrected chi connectivity index (χ2v) is 7.71. The number of likely N-dealkylation sites (tertiary alicyclic amines) is 2. The minimum atomic E-state index is -0.270. The van der Waals surface area contributed by atoms with Crippen LogP contribution >= 0.6 is 0 Å². The Morgan fingerprint density at radius 2 is 2.00 bits per heavy atom. The lowest BCUT2D eigenvalue weighted by Gasteiger charge is -2.52. The molecule has 2 aliphatic rings. The number of ether oxygens (including phenoxy) is 1. The third-order valence-electron chi connectivity index (χ3n) is 6.01. The summed E-state index contributed by atoms with van der Waals surface area (Å²) in [5.74, 6) is -0.270. The summed E-state index contributed by atoms with van der Waals surface area (Å²) < 4.78 is 18.6. The minimum absolute atomic E-state index is 0.0602. The van der Waals surface area contributed by atoms with Gasteiger partial charge in [-0.15, -0.1) is 0 Å². The Bertz CT molecular complexity index is 809. The highest BCUT2D eigenvalue weighted by atomic mass is 19.1. The molecule has 2 atom stereocenters. The van der Waals surface area contributed by atoms with Gasteiger partial charge >= 0.3 is 6.03 Å². The average Bonchev–Trinajstić information content (AvgIpc) is 2.74. The van der Waals surface area contributed by atoms with Crippen LogP contribution in [0.3, 0.4) is 0 Å². The van der Waals surface area contributed by atoms with E-state index in [1.807, 2.05) is 17.2 Å². The van der Waals surface area contributed by atoms with Gasteiger partial charge in [0, 0.05) is 51.7 Å². The van der Waals surface area contributed by atoms with Crippen LogP contribution in [0.15, 0.2) is 48.8 Å². The molecule has 1 N–H and O–H groups in total. The Balaban J connectivity index is 1.28. The van der Waals surface area contributed by atoms with Crippen molar-refractivity contribution in [2.75, 3.05) is 26.7 Å². The predicted molar refractivity (Wildman–Crippen MR) is 108 cm³/mol. The molecule has 154 valence electrons. The zero-order valence-corrected chi connectivity index (χ0v) is 16.6. The third kappa shape index (κ3) is 4.41. The van der Waals surface area contributed by atoms with Gasteiger partial charge in [0.1, 0.15) is 5.82 Å². The molecule has 0 radical (unpaired) electrons. The van der Waals surface area contributed by atoms with E-state index in [4.69, 9.17) is 4.74 Å². The van der Waals surface area contributed by atoms with E-state index < -0.39 is 0 Å². The fourth-order valence-corrected chi connectivity index (χ4v) is 4.33. The van der Waals surface area contributed by atoms with Crippen LogP contribution in [-0.2, 0) is 11.3 Å². The van der Waals surface area contributed by atoms with E-state index >= 15 is 0 Å². The number of amides is 2. The summed E-state index contributed by atoms with van der Waals surface area (Å²) in [7, 11) is 1.76. The van der Waals surface area contributed by atoms with Crippen LogP contribution < -0.4 is 5.32 Å². The van der Waals surface area contributed by atoms with Gasteiger partial charge in [-0.1, -0.05) is 18.2 Å². The second-order valence-electron chi connectivity index (χ2n) is 7.71. The molecule has 0 bridgehead atoms. The summed E-state index contributed by atoms with van der Waals surface area (Å²) in [5, 5.41) is 2.93. The van der Waals surface area contributed by atoms with Gasteiger partial charge in [-0.25, -0.2) is 9.18 Å². The van der Waals surface area contributed by atoms with Gasteiger partial charge in [-0.2, -0.15) is 0 Å². The minimum Gasteiger partial charge on any atom is -0.378 e. The van der Waals surface area contributed by atoms with Crippen molar-refractivity contribution in [1.29, 1.82) is 0 Å². The highest BCUT2D eigenvalue weighted by molar-refractivity contribution is 5.74. The number of rotatable bonds is 5. The fourth-order valence-electron chi connectivity index (χ4n) is 4.33. The summed E-state index contributed by atoms with van der Waals surface area (Å²) in [4.78, 5) is 21.1. The molecule has 7 heteroatoms. The van der Waals surface area contributed by atoms with E-state index in [0.717, 1.165) is 38.0 Å². The maximum Gasteiger partial charge on any atom is 0.317 e. The molecule has 4 rings (SSSR count). The van der Waals surface area contributed by atoms with E-state index in [2.05, 4.69) is 21.3 Å². The number of halogens is 1. The Kier molecular flexibility index (Phi) is 6.06. The summed E-state index contributed by atoms with van der Waals surface area (Å²) in [6.07, 6.45) is 5.78. The van der Waals surface area contributed by atoms with E-state index in [1.54, 1.807) is 25.4 Å². The van der Waals surface area contributed by atoms with E-state index in [-0.39, 0.29) is 24.0 Å². The maximum absolute atomic E-state index is 13.0. The lowest BCUT2D eigenvalue weighted by molar-refractivity contribution is -0.115. The Labute approximate surface area is 170 Å². The van der Waals surface area contributed by atoms with Gasteiger partial charge in [0.25, 0.3) is 0 Å². The van der Waals surface area contributed by atoms with Crippen molar-refractivity contribution >= 4 is 6.03 Å². The van der Waals surface area contributed by atoms with Crippen molar-refractivity contribution in [3.05, 3.63) is 65.7 Å². The zero-order chi connectivity index (χ0) is 20.2. The van der Waals surface area contributed by atoms with Crippen molar-refractivity contribution in [2.45, 2.75) is 37.6 Å². The fraction of sp³-hybridized carbons (Fsp3) is 0.455. The van der Waals surface area contributed by atoms with Gasteiger partial charge in [0.2, 0.25) is 0 Å². The lowest BCUT2D eigenvalue weighted by Crippen LogP contribution is -2.60. The SMILES string of the molecule is CO[C@H]1CN(C2CCN(C(=O)NCc3ccc(F)cc3)CC2)[C@H]1c1cccnc1. The van der Waals surface area contributed by atoms with Crippen LogP contribution in [0, 0.1) is 5.82 Å². The van der Waals surface area contributed by atoms with Gasteiger partial charge in [0.15, 0.2) is 0 Å². The summed E-state index contributed by atoms with van der Waals surface area (Å²) >= 11 is 0. The van der Waals surface area contributed by atoms with E-state index in [1.165, 1.54) is 17.7 Å². The van der Waals surface area contributed by atoms with Crippen LogP contribution in [0.1, 0.15) is 30.0 Å². The molecule has 6 nitrogen and oxygen atoms in total. The highest BCUT2D eigenvalue weighted by Gasteiger charge is 2.44. The number of methoxy groups -OCH3 is 1. The Morgan fingerprint density at radius 1 is 1.24 bits per heavy atom. The van der Waals surface area contributed by atoms with Gasteiger partial charge < -0.3 is 15.0 Å². The molecule has 2 saturated heterocycles. The van der Waals surface area contributed by atoms with Gasteiger partial charge in [-0.3, -0.25) is 9.88 Å². The summed E-state index contributed by atoms with van der Waals surface area (Å²) in [5.41, 5.74) is 2.07. The van der Waals surface area contributed by atoms with Crippen molar-refractivity contribution < 1.29 is 13.9 Å². The van der Waals surface area contributed by atoms with Crippen molar-refractivity contribution in [3.8, 4) is 0 Å². The quantitative estimate of drug-likeness (QED) is 0.841. The molecule has 1 aromatic carbocycles. The monoisotopic (exact) mass is 398 g/mol. The average molecular weight is 398 g/mol. The molecule has 0 unspecified atom stereocenters. The maximum atomic E-state index is 13.0. The standard InChI is InChI=1S/C22H27FN4O2/c1-29-20-15-27(21(20)17-3-2-10-24-14-17)19-8-11-26(12-9-19)22(28)25-13-16-4-6-18(23)7-5-16/h2-7,10,14,19-21H,8-9,11-13,15H2,1H3,(H,25,28)/t20-,21-/m0/s1. The molecule has 0 saturated carbocycles. The van der Waals surface area contributed by atoms with Crippen LogP contribution in [0.5, 0.6) is 0 Å². The topological polar surface area (TPSA) is 57.7 Å². The smallest absolute Gasteiger partial charge is 0.317 e. The number of urea groups is 1. The molecule has 0 aliphatic carbocycles. The first-order chi connectivity index (χ1) is 14.2. The molecule has 1 aromatic heterocycles. The number of piperidine rings is 1. The lowest BCUT2D eigenvalue weighted by atomic mass is 9.88. The molecule has 0 spiro atoms. The third-order valence-corrected chi connectivity index (χ3v) is 6.01. The number of benzene rings is 1. The van der Waals surface area contributed by atoms with Gasteiger partial charge in [-0.05, 0) is 42.2 Å². The number of nitrogens with one attached hydrogen (secondary N) is 1. The van der Waals surface area contributed by atoms with E-state index in [9.17, 15) is 9.18 Å². The second kappa shape index (κ2) is 8.88. The first-order valence-electron chi connectivity index (χ1n) is 10.1. The number of nitrogens with zero attached hydrogens (tertiary/aromatic N) is 3. The summed E-state index contributed by atoms with van der Waals surface area (Å²) in [6, 6.07) is 10.9. The largest absolute Gasteiger partial charge is 0.378 e. The number of aromatic nitrogens is 1. The first kappa shape index (κ1) is 19.8. The van der Waals surface area contributed by atoms with Crippen LogP contribution in [0.25, 0.3) is 0 Å². The molecule has 29 heavy (non-hydrogen) atoms. The molecule has 2 amide bonds. The molecular formula is C22H27FN4O2. The molecule has 2 aliphatic heterocycles. The molecule has 2 aromatic rings. The van der Waals surface area contributed by atoms with Crippen LogP contribution in [0.2, 0.25) is 0 Å². The molecule has 2 fully saturated rings. The van der Waals surface area contributed by atoms with Crippen LogP contribution in [-0.4, -0.2) is 59.7 Å².